The number of amides is 1. The van der Waals surface area contributed by atoms with E-state index < -0.39 is 11.7 Å². The molecule has 1 aliphatic heterocycles. The van der Waals surface area contributed by atoms with E-state index in [0.717, 1.165) is 37.1 Å². The van der Waals surface area contributed by atoms with Crippen LogP contribution in [0.3, 0.4) is 0 Å². The number of piperidine rings is 1. The number of rotatable bonds is 11. The average Bonchev–Trinajstić information content (AvgIpc) is 2.68. The predicted octanol–water partition coefficient (Wildman–Crippen LogP) is 3.40. The Bertz CT molecular complexity index is 621. The Kier molecular flexibility index (Phi) is 10.0. The summed E-state index contributed by atoms with van der Waals surface area (Å²) >= 11 is 0. The second-order valence-electron chi connectivity index (χ2n) is 8.93. The minimum Gasteiger partial charge on any atom is -0.444 e. The largest absolute Gasteiger partial charge is 0.444 e. The van der Waals surface area contributed by atoms with Crippen LogP contribution < -0.4 is 10.6 Å². The molecule has 1 fully saturated rings. The number of hydrogen-bond acceptors (Lipinski definition) is 6. The van der Waals surface area contributed by atoms with E-state index in [1.165, 1.54) is 0 Å². The molecule has 2 N–H and O–H groups in total. The molecule has 1 saturated heterocycles. The highest BCUT2D eigenvalue weighted by Gasteiger charge is 2.26. The number of hydrogen-bond donors (Lipinski definition) is 2. The Morgan fingerprint density at radius 2 is 1.70 bits per heavy atom. The maximum atomic E-state index is 11.5. The zero-order valence-corrected chi connectivity index (χ0v) is 18.9. The van der Waals surface area contributed by atoms with Crippen molar-refractivity contribution in [3.63, 3.8) is 0 Å². The summed E-state index contributed by atoms with van der Waals surface area (Å²) in [5.74, 6) is 0. The lowest BCUT2D eigenvalue weighted by Crippen LogP contribution is -2.45. The van der Waals surface area contributed by atoms with Crippen molar-refractivity contribution in [1.29, 1.82) is 0 Å². The topological polar surface area (TPSA) is 78.1 Å². The molecule has 0 spiro atoms. The van der Waals surface area contributed by atoms with Gasteiger partial charge in [0.15, 0.2) is 0 Å². The smallest absolute Gasteiger partial charge is 0.407 e. The minimum atomic E-state index is -0.492. The highest BCUT2D eigenvalue weighted by molar-refractivity contribution is 5.67. The van der Waals surface area contributed by atoms with Gasteiger partial charge in [0.2, 0.25) is 0 Å². The van der Waals surface area contributed by atoms with Crippen LogP contribution in [0, 0.1) is 0 Å². The van der Waals surface area contributed by atoms with Crippen molar-refractivity contribution in [2.75, 3.05) is 39.5 Å². The van der Waals surface area contributed by atoms with E-state index in [2.05, 4.69) is 17.6 Å². The highest BCUT2D eigenvalue weighted by atomic mass is 16.6. The van der Waals surface area contributed by atoms with Gasteiger partial charge in [-0.1, -0.05) is 24.3 Å². The Hall–Kier alpha value is -1.67. The quantitative estimate of drug-likeness (QED) is 0.532. The first-order valence-electron chi connectivity index (χ1n) is 10.8. The SMILES string of the molecule is CC(C)(C)OC(=O)NCCOCc1ccc(COCCO[C@@]2(C)CCCNC2)cc1. The van der Waals surface area contributed by atoms with Crippen LogP contribution in [-0.4, -0.2) is 56.8 Å². The fraction of sp³-hybridized carbons (Fsp3) is 0.696. The molecule has 0 bridgehead atoms. The number of alkyl carbamates (subject to hydrolysis) is 1. The van der Waals surface area contributed by atoms with Crippen molar-refractivity contribution in [2.24, 2.45) is 0 Å². The molecule has 1 heterocycles. The molecule has 2 rings (SSSR count). The van der Waals surface area contributed by atoms with Crippen LogP contribution in [0.2, 0.25) is 0 Å². The van der Waals surface area contributed by atoms with Gasteiger partial charge in [-0.15, -0.1) is 0 Å². The molecule has 1 aromatic carbocycles. The van der Waals surface area contributed by atoms with Crippen LogP contribution in [0.4, 0.5) is 4.79 Å². The van der Waals surface area contributed by atoms with Crippen LogP contribution in [-0.2, 0) is 32.2 Å². The van der Waals surface area contributed by atoms with Crippen molar-refractivity contribution >= 4 is 6.09 Å². The normalized spacial score (nSPS) is 19.5. The minimum absolute atomic E-state index is 0.0638. The Balaban J connectivity index is 1.53. The van der Waals surface area contributed by atoms with Crippen molar-refractivity contribution < 1.29 is 23.7 Å². The molecular weight excluding hydrogens is 384 g/mol. The van der Waals surface area contributed by atoms with Gasteiger partial charge in [0, 0.05) is 13.1 Å². The number of benzene rings is 1. The molecule has 0 aliphatic carbocycles. The number of carbonyl (C=O) groups is 1. The van der Waals surface area contributed by atoms with Gasteiger partial charge < -0.3 is 29.6 Å². The average molecular weight is 423 g/mol. The molecule has 0 unspecified atom stereocenters. The third-order valence-electron chi connectivity index (χ3n) is 4.71. The summed E-state index contributed by atoms with van der Waals surface area (Å²) in [6, 6.07) is 8.16. The van der Waals surface area contributed by atoms with Gasteiger partial charge in [-0.25, -0.2) is 4.79 Å². The molecule has 1 amide bonds. The predicted molar refractivity (Wildman–Crippen MR) is 116 cm³/mol. The van der Waals surface area contributed by atoms with Crippen molar-refractivity contribution in [3.05, 3.63) is 35.4 Å². The zero-order valence-electron chi connectivity index (χ0n) is 18.9. The number of nitrogens with one attached hydrogen (secondary N) is 2. The molecule has 7 heteroatoms. The van der Waals surface area contributed by atoms with Crippen LogP contribution >= 0.6 is 0 Å². The molecule has 1 atom stereocenters. The molecule has 1 aromatic rings. The van der Waals surface area contributed by atoms with Gasteiger partial charge in [-0.3, -0.25) is 0 Å². The van der Waals surface area contributed by atoms with E-state index in [0.29, 0.717) is 39.6 Å². The van der Waals surface area contributed by atoms with Crippen molar-refractivity contribution in [1.82, 2.24) is 10.6 Å². The van der Waals surface area contributed by atoms with E-state index in [-0.39, 0.29) is 5.60 Å². The van der Waals surface area contributed by atoms with Gasteiger partial charge in [0.25, 0.3) is 0 Å². The second kappa shape index (κ2) is 12.2. The lowest BCUT2D eigenvalue weighted by atomic mass is 9.96. The van der Waals surface area contributed by atoms with Crippen LogP contribution in [0.5, 0.6) is 0 Å². The van der Waals surface area contributed by atoms with Gasteiger partial charge in [-0.2, -0.15) is 0 Å². The summed E-state index contributed by atoms with van der Waals surface area (Å²) in [6.07, 6.45) is 1.83. The standard InChI is InChI=1S/C23H38N2O5/c1-22(2,3)30-21(26)25-12-13-27-16-19-6-8-20(9-7-19)17-28-14-15-29-23(4)10-5-11-24-18-23/h6-9,24H,5,10-18H2,1-4H3,(H,25,26)/t23-/m0/s1. The van der Waals surface area contributed by atoms with Crippen LogP contribution in [0.25, 0.3) is 0 Å². The first-order chi connectivity index (χ1) is 14.3. The number of ether oxygens (including phenoxy) is 4. The monoisotopic (exact) mass is 422 g/mol. The Labute approximate surface area is 180 Å². The molecule has 0 radical (unpaired) electrons. The van der Waals surface area contributed by atoms with E-state index in [9.17, 15) is 4.79 Å². The van der Waals surface area contributed by atoms with Gasteiger partial charge >= 0.3 is 6.09 Å². The van der Waals surface area contributed by atoms with Gasteiger partial charge in [0.05, 0.1) is 38.6 Å². The van der Waals surface area contributed by atoms with Gasteiger partial charge in [-0.05, 0) is 58.2 Å². The summed E-state index contributed by atoms with van der Waals surface area (Å²) in [6.45, 7) is 12.8. The summed E-state index contributed by atoms with van der Waals surface area (Å²) < 4.78 is 22.5. The van der Waals surface area contributed by atoms with Crippen molar-refractivity contribution in [2.45, 2.75) is 65.0 Å². The molecule has 7 nitrogen and oxygen atoms in total. The third kappa shape index (κ3) is 10.4. The molecule has 0 aromatic heterocycles. The first kappa shape index (κ1) is 24.6. The molecular formula is C23H38N2O5. The molecule has 30 heavy (non-hydrogen) atoms. The Morgan fingerprint density at radius 1 is 1.07 bits per heavy atom. The second-order valence-corrected chi connectivity index (χ2v) is 8.93. The van der Waals surface area contributed by atoms with Crippen LogP contribution in [0.1, 0.15) is 51.7 Å². The maximum Gasteiger partial charge on any atom is 0.407 e. The summed E-state index contributed by atoms with van der Waals surface area (Å²) in [4.78, 5) is 11.5. The third-order valence-corrected chi connectivity index (χ3v) is 4.71. The summed E-state index contributed by atoms with van der Waals surface area (Å²) in [7, 11) is 0. The lowest BCUT2D eigenvalue weighted by molar-refractivity contribution is -0.0698. The number of carbonyl (C=O) groups excluding carboxylic acids is 1. The van der Waals surface area contributed by atoms with E-state index in [4.69, 9.17) is 18.9 Å². The van der Waals surface area contributed by atoms with Crippen LogP contribution in [0.15, 0.2) is 24.3 Å². The molecule has 0 saturated carbocycles. The molecule has 170 valence electrons. The molecule has 1 aliphatic rings. The zero-order chi connectivity index (χ0) is 21.9. The fourth-order valence-electron chi connectivity index (χ4n) is 3.15. The van der Waals surface area contributed by atoms with E-state index >= 15 is 0 Å². The fourth-order valence-corrected chi connectivity index (χ4v) is 3.15. The Morgan fingerprint density at radius 3 is 2.27 bits per heavy atom. The summed E-state index contributed by atoms with van der Waals surface area (Å²) in [5, 5.41) is 6.06. The van der Waals surface area contributed by atoms with Crippen molar-refractivity contribution in [3.8, 4) is 0 Å². The first-order valence-corrected chi connectivity index (χ1v) is 10.8. The van der Waals surface area contributed by atoms with E-state index in [1.54, 1.807) is 0 Å². The lowest BCUT2D eigenvalue weighted by Gasteiger charge is -2.34. The maximum absolute atomic E-state index is 11.5. The van der Waals surface area contributed by atoms with E-state index in [1.807, 2.05) is 45.0 Å². The van der Waals surface area contributed by atoms with Gasteiger partial charge in [0.1, 0.15) is 5.60 Å². The summed E-state index contributed by atoms with van der Waals surface area (Å²) in [5.41, 5.74) is 1.65. The highest BCUT2D eigenvalue weighted by Crippen LogP contribution is 2.19.